The van der Waals surface area contributed by atoms with E-state index in [1.165, 1.54) is 0 Å². The molecule has 150 valence electrons. The number of carbonyl (C=O) groups is 1. The SMILES string of the molecule is COCCNC(=O)[C@@H]1CN2CC[C@H]1C[C@@H]2Cn1cc(-c2cccc(N)c2)nn1. The standard InChI is InChI=1S/C20H28N6O2/c1-28-8-6-22-20(27)18-12-25-7-5-14(18)10-17(25)11-26-13-19(23-24-26)15-3-2-4-16(21)9-15/h2-4,9,13-14,17-18H,5-8,10-12,21H2,1H3,(H,22,27)/t14-,17+,18+/m0/s1. The number of nitrogens with zero attached hydrogens (tertiary/aromatic N) is 4. The molecule has 5 rings (SSSR count). The van der Waals surface area contributed by atoms with Gasteiger partial charge in [0.15, 0.2) is 0 Å². The lowest BCUT2D eigenvalue weighted by Crippen LogP contribution is -2.58. The second-order valence-corrected chi connectivity index (χ2v) is 7.77. The number of ether oxygens (including phenoxy) is 1. The number of rotatable bonds is 7. The van der Waals surface area contributed by atoms with Crippen LogP contribution in [-0.4, -0.2) is 65.2 Å². The summed E-state index contributed by atoms with van der Waals surface area (Å²) in [5.41, 5.74) is 8.40. The van der Waals surface area contributed by atoms with Crippen LogP contribution in [0.15, 0.2) is 30.5 Å². The fourth-order valence-corrected chi connectivity index (χ4v) is 4.47. The summed E-state index contributed by atoms with van der Waals surface area (Å²) < 4.78 is 6.93. The highest BCUT2D eigenvalue weighted by Gasteiger charge is 2.43. The molecule has 0 aliphatic carbocycles. The highest BCUT2D eigenvalue weighted by Crippen LogP contribution is 2.37. The zero-order valence-corrected chi connectivity index (χ0v) is 16.3. The van der Waals surface area contributed by atoms with E-state index in [-0.39, 0.29) is 11.8 Å². The van der Waals surface area contributed by atoms with Crippen LogP contribution in [0.4, 0.5) is 5.69 Å². The molecule has 3 aliphatic heterocycles. The number of benzene rings is 1. The van der Waals surface area contributed by atoms with Crippen molar-refractivity contribution in [1.82, 2.24) is 25.2 Å². The van der Waals surface area contributed by atoms with Gasteiger partial charge < -0.3 is 15.8 Å². The number of nitrogen functional groups attached to an aromatic ring is 1. The van der Waals surface area contributed by atoms with Crippen LogP contribution in [0.2, 0.25) is 0 Å². The van der Waals surface area contributed by atoms with Gasteiger partial charge in [-0.3, -0.25) is 14.4 Å². The molecule has 3 N–H and O–H groups in total. The normalized spacial score (nSPS) is 26.3. The lowest BCUT2D eigenvalue weighted by Gasteiger charge is -2.49. The predicted molar refractivity (Wildman–Crippen MR) is 106 cm³/mol. The van der Waals surface area contributed by atoms with E-state index in [0.29, 0.717) is 25.1 Å². The average Bonchev–Trinajstić information content (AvgIpc) is 3.17. The van der Waals surface area contributed by atoms with Crippen molar-refractivity contribution in [2.24, 2.45) is 11.8 Å². The first kappa shape index (κ1) is 18.9. The third-order valence-corrected chi connectivity index (χ3v) is 5.94. The number of fused-ring (bicyclic) bond motifs is 3. The monoisotopic (exact) mass is 384 g/mol. The molecule has 3 aliphatic rings. The lowest BCUT2D eigenvalue weighted by molar-refractivity contribution is -0.133. The number of aromatic nitrogens is 3. The summed E-state index contributed by atoms with van der Waals surface area (Å²) in [6.07, 6.45) is 4.09. The maximum atomic E-state index is 12.5. The molecule has 1 amide bonds. The van der Waals surface area contributed by atoms with Crippen LogP contribution in [0.25, 0.3) is 11.3 Å². The topological polar surface area (TPSA) is 98.3 Å². The summed E-state index contributed by atoms with van der Waals surface area (Å²) >= 11 is 0. The minimum Gasteiger partial charge on any atom is -0.399 e. The first-order valence-electron chi connectivity index (χ1n) is 9.91. The summed E-state index contributed by atoms with van der Waals surface area (Å²) in [5.74, 6) is 0.685. The average molecular weight is 384 g/mol. The van der Waals surface area contributed by atoms with Crippen molar-refractivity contribution in [2.45, 2.75) is 25.4 Å². The molecule has 8 heteroatoms. The van der Waals surface area contributed by atoms with Gasteiger partial charge in [-0.05, 0) is 37.4 Å². The van der Waals surface area contributed by atoms with Crippen molar-refractivity contribution < 1.29 is 9.53 Å². The van der Waals surface area contributed by atoms with E-state index >= 15 is 0 Å². The van der Waals surface area contributed by atoms with Crippen molar-refractivity contribution >= 4 is 11.6 Å². The van der Waals surface area contributed by atoms with E-state index in [1.54, 1.807) is 7.11 Å². The molecule has 8 nitrogen and oxygen atoms in total. The van der Waals surface area contributed by atoms with E-state index in [9.17, 15) is 4.79 Å². The van der Waals surface area contributed by atoms with Gasteiger partial charge in [-0.1, -0.05) is 17.3 Å². The Kier molecular flexibility index (Phi) is 5.59. The highest BCUT2D eigenvalue weighted by molar-refractivity contribution is 5.79. The van der Waals surface area contributed by atoms with E-state index in [4.69, 9.17) is 10.5 Å². The molecule has 2 bridgehead atoms. The molecule has 0 radical (unpaired) electrons. The molecule has 4 heterocycles. The number of piperidine rings is 3. The maximum absolute atomic E-state index is 12.5. The number of nitrogens with one attached hydrogen (secondary N) is 1. The number of carbonyl (C=O) groups excluding carboxylic acids is 1. The van der Waals surface area contributed by atoms with E-state index in [2.05, 4.69) is 20.5 Å². The molecular formula is C20H28N6O2. The molecule has 0 saturated carbocycles. The van der Waals surface area contributed by atoms with Gasteiger partial charge in [0.25, 0.3) is 0 Å². The molecule has 3 fully saturated rings. The number of hydrogen-bond donors (Lipinski definition) is 2. The summed E-state index contributed by atoms with van der Waals surface area (Å²) in [5, 5.41) is 11.6. The van der Waals surface area contributed by atoms with E-state index in [0.717, 1.165) is 49.4 Å². The number of amides is 1. The Hall–Kier alpha value is -2.45. The summed E-state index contributed by atoms with van der Waals surface area (Å²) in [7, 11) is 1.65. The second kappa shape index (κ2) is 8.28. The lowest BCUT2D eigenvalue weighted by atomic mass is 9.75. The molecule has 1 aromatic heterocycles. The predicted octanol–water partition coefficient (Wildman–Crippen LogP) is 1.00. The van der Waals surface area contributed by atoms with Crippen LogP contribution in [0.5, 0.6) is 0 Å². The van der Waals surface area contributed by atoms with E-state index in [1.807, 2.05) is 35.1 Å². The molecule has 4 atom stereocenters. The molecule has 1 unspecified atom stereocenters. The minimum atomic E-state index is 0.0838. The zero-order valence-electron chi connectivity index (χ0n) is 16.3. The van der Waals surface area contributed by atoms with Crippen LogP contribution in [0, 0.1) is 11.8 Å². The third-order valence-electron chi connectivity index (χ3n) is 5.94. The number of nitrogens with two attached hydrogens (primary N) is 1. The molecule has 0 spiro atoms. The fourth-order valence-electron chi connectivity index (χ4n) is 4.47. The van der Waals surface area contributed by atoms with Gasteiger partial charge in [-0.2, -0.15) is 0 Å². The first-order valence-corrected chi connectivity index (χ1v) is 9.91. The van der Waals surface area contributed by atoms with Crippen molar-refractivity contribution in [3.8, 4) is 11.3 Å². The molecule has 1 aromatic carbocycles. The Morgan fingerprint density at radius 2 is 2.32 bits per heavy atom. The Balaban J connectivity index is 1.37. The van der Waals surface area contributed by atoms with Gasteiger partial charge in [0.05, 0.1) is 25.3 Å². The summed E-state index contributed by atoms with van der Waals surface area (Å²) in [6.45, 7) is 3.80. The smallest absolute Gasteiger partial charge is 0.224 e. The Morgan fingerprint density at radius 3 is 3.07 bits per heavy atom. The molecule has 3 saturated heterocycles. The number of anilines is 1. The van der Waals surface area contributed by atoms with Crippen LogP contribution < -0.4 is 11.1 Å². The third kappa shape index (κ3) is 4.02. The molecule has 2 aromatic rings. The van der Waals surface area contributed by atoms with E-state index < -0.39 is 0 Å². The van der Waals surface area contributed by atoms with Crippen molar-refractivity contribution in [2.75, 3.05) is 39.1 Å². The van der Waals surface area contributed by atoms with Gasteiger partial charge >= 0.3 is 0 Å². The van der Waals surface area contributed by atoms with Crippen molar-refractivity contribution in [1.29, 1.82) is 0 Å². The van der Waals surface area contributed by atoms with Gasteiger partial charge in [0.1, 0.15) is 5.69 Å². The summed E-state index contributed by atoms with van der Waals surface area (Å²) in [6, 6.07) is 8.09. The van der Waals surface area contributed by atoms with Crippen LogP contribution in [-0.2, 0) is 16.1 Å². The molecular weight excluding hydrogens is 356 g/mol. The van der Waals surface area contributed by atoms with Gasteiger partial charge in [-0.25, -0.2) is 0 Å². The Bertz CT molecular complexity index is 823. The fraction of sp³-hybridized carbons (Fsp3) is 0.550. The highest BCUT2D eigenvalue weighted by atomic mass is 16.5. The van der Waals surface area contributed by atoms with Crippen LogP contribution in [0.3, 0.4) is 0 Å². The second-order valence-electron chi connectivity index (χ2n) is 7.77. The minimum absolute atomic E-state index is 0.0838. The largest absolute Gasteiger partial charge is 0.399 e. The molecule has 28 heavy (non-hydrogen) atoms. The summed E-state index contributed by atoms with van der Waals surface area (Å²) in [4.78, 5) is 14.9. The van der Waals surface area contributed by atoms with Gasteiger partial charge in [0, 0.05) is 37.5 Å². The van der Waals surface area contributed by atoms with Crippen LogP contribution in [0.1, 0.15) is 12.8 Å². The quantitative estimate of drug-likeness (QED) is 0.546. The number of hydrogen-bond acceptors (Lipinski definition) is 6. The first-order chi connectivity index (χ1) is 13.6. The van der Waals surface area contributed by atoms with Crippen molar-refractivity contribution in [3.63, 3.8) is 0 Å². The number of methoxy groups -OCH3 is 1. The van der Waals surface area contributed by atoms with Gasteiger partial charge in [-0.15, -0.1) is 5.10 Å². The van der Waals surface area contributed by atoms with Crippen molar-refractivity contribution in [3.05, 3.63) is 30.5 Å². The van der Waals surface area contributed by atoms with Gasteiger partial charge in [0.2, 0.25) is 5.91 Å². The zero-order chi connectivity index (χ0) is 19.5. The Labute approximate surface area is 165 Å². The maximum Gasteiger partial charge on any atom is 0.224 e. The Morgan fingerprint density at radius 1 is 1.43 bits per heavy atom. The van der Waals surface area contributed by atoms with Crippen LogP contribution >= 0.6 is 0 Å².